The molecule has 2 aliphatic heterocycles. The first-order valence-electron chi connectivity index (χ1n) is 7.97. The van der Waals surface area contributed by atoms with Gasteiger partial charge in [-0.05, 0) is 50.4 Å². The first-order valence-corrected chi connectivity index (χ1v) is 8.35. The molecule has 0 bridgehead atoms. The number of furan rings is 1. The van der Waals surface area contributed by atoms with Crippen LogP contribution in [-0.4, -0.2) is 60.1 Å². The quantitative estimate of drug-likeness (QED) is 0.856. The zero-order valence-corrected chi connectivity index (χ0v) is 13.9. The molecule has 0 aliphatic carbocycles. The molecule has 3 heterocycles. The van der Waals surface area contributed by atoms with E-state index in [0.717, 1.165) is 39.0 Å². The van der Waals surface area contributed by atoms with Crippen LogP contribution < -0.4 is 0 Å². The van der Waals surface area contributed by atoms with Crippen molar-refractivity contribution >= 4 is 17.5 Å². The second-order valence-electron chi connectivity index (χ2n) is 6.37. The highest BCUT2D eigenvalue weighted by molar-refractivity contribution is 6.29. The Morgan fingerprint density at radius 1 is 1.32 bits per heavy atom. The molecule has 2 fully saturated rings. The van der Waals surface area contributed by atoms with Gasteiger partial charge in [-0.25, -0.2) is 0 Å². The van der Waals surface area contributed by atoms with Crippen molar-refractivity contribution in [2.75, 3.05) is 26.2 Å². The van der Waals surface area contributed by atoms with E-state index in [-0.39, 0.29) is 29.4 Å². The normalized spacial score (nSPS) is 30.0. The number of nitrogens with zero attached hydrogens (tertiary/aromatic N) is 2. The third kappa shape index (κ3) is 3.47. The Bertz CT molecular complexity index is 523. The molecule has 5 nitrogen and oxygen atoms in total. The van der Waals surface area contributed by atoms with Crippen LogP contribution in [0.25, 0.3) is 0 Å². The van der Waals surface area contributed by atoms with E-state index in [9.17, 15) is 4.79 Å². The minimum absolute atomic E-state index is 0.0521. The molecule has 0 saturated carbocycles. The Hall–Kier alpha value is -1.04. The van der Waals surface area contributed by atoms with Gasteiger partial charge in [0.2, 0.25) is 0 Å². The van der Waals surface area contributed by atoms with Crippen LogP contribution in [0.1, 0.15) is 37.2 Å². The average molecular weight is 327 g/mol. The molecular weight excluding hydrogens is 304 g/mol. The predicted molar refractivity (Wildman–Crippen MR) is 84.2 cm³/mol. The lowest BCUT2D eigenvalue weighted by atomic mass is 10.1. The van der Waals surface area contributed by atoms with E-state index in [1.54, 1.807) is 12.1 Å². The fourth-order valence-corrected chi connectivity index (χ4v) is 3.74. The van der Waals surface area contributed by atoms with Crippen LogP contribution >= 0.6 is 11.6 Å². The summed E-state index contributed by atoms with van der Waals surface area (Å²) in [6.45, 7) is 7.75. The van der Waals surface area contributed by atoms with Gasteiger partial charge in [0.25, 0.3) is 5.91 Å². The van der Waals surface area contributed by atoms with E-state index in [0.29, 0.717) is 5.76 Å². The molecule has 1 aromatic heterocycles. The lowest BCUT2D eigenvalue weighted by Crippen LogP contribution is -2.50. The summed E-state index contributed by atoms with van der Waals surface area (Å²) in [5.41, 5.74) is 0. The van der Waals surface area contributed by atoms with E-state index < -0.39 is 0 Å². The van der Waals surface area contributed by atoms with Crippen LogP contribution in [-0.2, 0) is 4.74 Å². The molecule has 1 amide bonds. The van der Waals surface area contributed by atoms with Gasteiger partial charge in [-0.1, -0.05) is 0 Å². The Morgan fingerprint density at radius 2 is 2.05 bits per heavy atom. The van der Waals surface area contributed by atoms with Crippen LogP contribution in [0.4, 0.5) is 0 Å². The number of carbonyl (C=O) groups is 1. The molecule has 1 aromatic rings. The van der Waals surface area contributed by atoms with E-state index in [4.69, 9.17) is 20.8 Å². The van der Waals surface area contributed by atoms with Crippen molar-refractivity contribution in [1.82, 2.24) is 9.80 Å². The number of hydrogen-bond donors (Lipinski definition) is 0. The van der Waals surface area contributed by atoms with E-state index in [1.165, 1.54) is 0 Å². The van der Waals surface area contributed by atoms with Crippen molar-refractivity contribution in [3.8, 4) is 0 Å². The monoisotopic (exact) mass is 326 g/mol. The fraction of sp³-hybridized carbons (Fsp3) is 0.688. The summed E-state index contributed by atoms with van der Waals surface area (Å²) < 4.78 is 11.0. The number of morpholine rings is 1. The third-order valence-corrected chi connectivity index (χ3v) is 4.59. The van der Waals surface area contributed by atoms with Gasteiger partial charge in [-0.3, -0.25) is 9.69 Å². The number of likely N-dealkylation sites (tertiary alicyclic amines) is 1. The smallest absolute Gasteiger partial charge is 0.289 e. The summed E-state index contributed by atoms with van der Waals surface area (Å²) in [5.74, 6) is 0.282. The van der Waals surface area contributed by atoms with E-state index in [1.807, 2.05) is 4.90 Å². The van der Waals surface area contributed by atoms with Crippen LogP contribution in [0.2, 0.25) is 5.22 Å². The fourth-order valence-electron chi connectivity index (χ4n) is 3.60. The number of halogens is 1. The van der Waals surface area contributed by atoms with E-state index >= 15 is 0 Å². The molecule has 6 heteroatoms. The van der Waals surface area contributed by atoms with Gasteiger partial charge < -0.3 is 14.1 Å². The number of ether oxygens (including phenoxy) is 1. The largest absolute Gasteiger partial charge is 0.440 e. The molecule has 2 aliphatic rings. The van der Waals surface area contributed by atoms with Crippen molar-refractivity contribution in [1.29, 1.82) is 0 Å². The van der Waals surface area contributed by atoms with Crippen molar-refractivity contribution in [3.63, 3.8) is 0 Å². The Morgan fingerprint density at radius 3 is 2.68 bits per heavy atom. The van der Waals surface area contributed by atoms with Gasteiger partial charge in [-0.2, -0.15) is 0 Å². The molecule has 0 aromatic carbocycles. The molecule has 0 radical (unpaired) electrons. The zero-order valence-electron chi connectivity index (χ0n) is 13.1. The summed E-state index contributed by atoms with van der Waals surface area (Å²) in [5, 5.41) is 0.259. The summed E-state index contributed by atoms with van der Waals surface area (Å²) in [7, 11) is 0. The summed E-state index contributed by atoms with van der Waals surface area (Å²) in [6.07, 6.45) is 2.58. The highest BCUT2D eigenvalue weighted by Crippen LogP contribution is 2.24. The molecule has 0 spiro atoms. The second-order valence-corrected chi connectivity index (χ2v) is 6.75. The van der Waals surface area contributed by atoms with Crippen LogP contribution in [0.5, 0.6) is 0 Å². The van der Waals surface area contributed by atoms with Crippen LogP contribution in [0.3, 0.4) is 0 Å². The second kappa shape index (κ2) is 6.60. The van der Waals surface area contributed by atoms with Crippen molar-refractivity contribution < 1.29 is 13.9 Å². The molecular formula is C16H23ClN2O3. The van der Waals surface area contributed by atoms with Gasteiger partial charge in [0.1, 0.15) is 0 Å². The Balaban J connectivity index is 1.64. The molecule has 122 valence electrons. The lowest BCUT2D eigenvalue weighted by molar-refractivity contribution is -0.0715. The third-order valence-electron chi connectivity index (χ3n) is 4.39. The number of hydrogen-bond acceptors (Lipinski definition) is 4. The van der Waals surface area contributed by atoms with Gasteiger partial charge in [0.15, 0.2) is 11.0 Å². The minimum Gasteiger partial charge on any atom is -0.440 e. The predicted octanol–water partition coefficient (Wildman–Crippen LogP) is 2.65. The SMILES string of the molecule is CC1CN(CC2CCCN2C(=O)c2ccc(Cl)o2)CC(C)O1. The maximum Gasteiger partial charge on any atom is 0.289 e. The first-order chi connectivity index (χ1) is 10.5. The first kappa shape index (κ1) is 15.8. The maximum absolute atomic E-state index is 12.6. The number of rotatable bonds is 3. The van der Waals surface area contributed by atoms with Crippen molar-refractivity contribution in [3.05, 3.63) is 23.1 Å². The van der Waals surface area contributed by atoms with Gasteiger partial charge in [0.05, 0.1) is 12.2 Å². The van der Waals surface area contributed by atoms with Crippen molar-refractivity contribution in [2.45, 2.75) is 44.9 Å². The topological polar surface area (TPSA) is 45.9 Å². The van der Waals surface area contributed by atoms with Gasteiger partial charge >= 0.3 is 0 Å². The van der Waals surface area contributed by atoms with Crippen molar-refractivity contribution in [2.24, 2.45) is 0 Å². The standard InChI is InChI=1S/C16H23ClN2O3/c1-11-8-18(9-12(2)21-11)10-13-4-3-7-19(13)16(20)14-5-6-15(17)22-14/h5-6,11-13H,3-4,7-10H2,1-2H3. The number of carbonyl (C=O) groups excluding carboxylic acids is 1. The maximum atomic E-state index is 12.6. The zero-order chi connectivity index (χ0) is 15.7. The van der Waals surface area contributed by atoms with Gasteiger partial charge in [0, 0.05) is 32.2 Å². The molecule has 0 N–H and O–H groups in total. The Kier molecular flexibility index (Phi) is 4.76. The molecule has 22 heavy (non-hydrogen) atoms. The summed E-state index contributed by atoms with van der Waals surface area (Å²) >= 11 is 5.78. The summed E-state index contributed by atoms with van der Waals surface area (Å²) in [4.78, 5) is 16.9. The van der Waals surface area contributed by atoms with Gasteiger partial charge in [-0.15, -0.1) is 0 Å². The number of amides is 1. The highest BCUT2D eigenvalue weighted by Gasteiger charge is 2.33. The average Bonchev–Trinajstić information content (AvgIpc) is 3.06. The highest BCUT2D eigenvalue weighted by atomic mass is 35.5. The lowest BCUT2D eigenvalue weighted by Gasteiger charge is -2.38. The Labute approximate surface area is 136 Å². The van der Waals surface area contributed by atoms with Crippen LogP contribution in [0, 0.1) is 0 Å². The van der Waals surface area contributed by atoms with Crippen LogP contribution in [0.15, 0.2) is 16.5 Å². The summed E-state index contributed by atoms with van der Waals surface area (Å²) in [6, 6.07) is 3.51. The molecule has 3 rings (SSSR count). The minimum atomic E-state index is -0.0521. The molecule has 2 saturated heterocycles. The molecule has 3 unspecified atom stereocenters. The van der Waals surface area contributed by atoms with E-state index in [2.05, 4.69) is 18.7 Å². The molecule has 3 atom stereocenters.